The van der Waals surface area contributed by atoms with Gasteiger partial charge in [-0.2, -0.15) is 8.42 Å². The highest BCUT2D eigenvalue weighted by molar-refractivity contribution is 7.86. The normalized spacial score (nSPS) is 12.0. The fraction of sp³-hybridized carbons (Fsp3) is 0. The number of rotatable bonds is 4. The summed E-state index contributed by atoms with van der Waals surface area (Å²) in [6, 6.07) is 17.5. The molecule has 0 fully saturated rings. The van der Waals surface area contributed by atoms with Gasteiger partial charge in [-0.25, -0.2) is 4.79 Å². The zero-order valence-electron chi connectivity index (χ0n) is 15.2. The van der Waals surface area contributed by atoms with Crippen LogP contribution in [-0.2, 0) is 10.1 Å². The fourth-order valence-corrected chi connectivity index (χ4v) is 3.86. The molecule has 8 nitrogen and oxygen atoms in total. The van der Waals surface area contributed by atoms with Crippen molar-refractivity contribution in [2.45, 2.75) is 4.90 Å². The molecule has 0 heterocycles. The molecule has 0 aliphatic heterocycles. The molecule has 30 heavy (non-hydrogen) atoms. The molecule has 0 aliphatic carbocycles. The SMILES string of the molecule is O=C(O)c1cc2ccccc2c(N=Nc2c(S(=O)(=O)O)ccc3ccccc23)c1O. The molecule has 0 saturated carbocycles. The standard InChI is InChI=1S/C21H14N2O6S/c24-20-16(21(25)26)11-13-6-2-4-8-15(13)19(20)23-22-18-14-7-3-1-5-12(14)9-10-17(18)30(27,28)29/h1-11,24H,(H,25,26)(H,27,28,29). The van der Waals surface area contributed by atoms with Crippen molar-refractivity contribution in [1.82, 2.24) is 0 Å². The Morgan fingerprint density at radius 3 is 2.00 bits per heavy atom. The number of phenols is 1. The lowest BCUT2D eigenvalue weighted by Crippen LogP contribution is -1.98. The van der Waals surface area contributed by atoms with E-state index in [4.69, 9.17) is 0 Å². The highest BCUT2D eigenvalue weighted by Gasteiger charge is 2.20. The van der Waals surface area contributed by atoms with E-state index >= 15 is 0 Å². The quantitative estimate of drug-likeness (QED) is 0.311. The maximum absolute atomic E-state index is 11.9. The summed E-state index contributed by atoms with van der Waals surface area (Å²) in [5.41, 5.74) is -0.616. The first-order chi connectivity index (χ1) is 14.3. The van der Waals surface area contributed by atoms with E-state index in [9.17, 15) is 28.0 Å². The number of azo groups is 1. The molecule has 0 bridgehead atoms. The number of hydrogen-bond acceptors (Lipinski definition) is 6. The van der Waals surface area contributed by atoms with Crippen LogP contribution in [0.2, 0.25) is 0 Å². The molecule has 0 aromatic heterocycles. The predicted molar refractivity (Wildman–Crippen MR) is 111 cm³/mol. The number of carbonyl (C=O) groups is 1. The molecule has 3 N–H and O–H groups in total. The van der Waals surface area contributed by atoms with E-state index in [2.05, 4.69) is 10.2 Å². The molecule has 0 atom stereocenters. The number of fused-ring (bicyclic) bond motifs is 2. The van der Waals surface area contributed by atoms with Gasteiger partial charge in [0.2, 0.25) is 0 Å². The first-order valence-electron chi connectivity index (χ1n) is 8.66. The van der Waals surface area contributed by atoms with Crippen LogP contribution in [0, 0.1) is 0 Å². The second kappa shape index (κ2) is 7.21. The maximum atomic E-state index is 11.9. The van der Waals surface area contributed by atoms with Crippen molar-refractivity contribution in [3.63, 3.8) is 0 Å². The van der Waals surface area contributed by atoms with E-state index in [1.54, 1.807) is 48.5 Å². The smallest absolute Gasteiger partial charge is 0.339 e. The minimum absolute atomic E-state index is 0.125. The third-order valence-corrected chi connectivity index (χ3v) is 5.50. The summed E-state index contributed by atoms with van der Waals surface area (Å²) >= 11 is 0. The van der Waals surface area contributed by atoms with Gasteiger partial charge in [-0.05, 0) is 22.9 Å². The van der Waals surface area contributed by atoms with E-state index in [0.717, 1.165) is 0 Å². The maximum Gasteiger partial charge on any atom is 0.339 e. The van der Waals surface area contributed by atoms with Crippen LogP contribution in [0.4, 0.5) is 11.4 Å². The van der Waals surface area contributed by atoms with Crippen LogP contribution in [0.25, 0.3) is 21.5 Å². The molecule has 0 saturated heterocycles. The molecule has 4 aromatic carbocycles. The van der Waals surface area contributed by atoms with Crippen LogP contribution >= 0.6 is 0 Å². The number of aromatic hydroxyl groups is 1. The summed E-state index contributed by atoms with van der Waals surface area (Å²) in [5.74, 6) is -1.95. The van der Waals surface area contributed by atoms with Crippen LogP contribution in [-0.4, -0.2) is 29.2 Å². The summed E-state index contributed by atoms with van der Waals surface area (Å²) in [7, 11) is -4.61. The minimum atomic E-state index is -4.61. The van der Waals surface area contributed by atoms with Crippen molar-refractivity contribution in [2.24, 2.45) is 10.2 Å². The Hall–Kier alpha value is -3.82. The molecule has 150 valence electrons. The zero-order chi connectivity index (χ0) is 21.5. The number of aromatic carboxylic acids is 1. The highest BCUT2D eigenvalue weighted by atomic mass is 32.2. The molecule has 9 heteroatoms. The first kappa shape index (κ1) is 19.5. The molecule has 0 spiro atoms. The minimum Gasteiger partial charge on any atom is -0.505 e. The number of carboxylic acid groups (broad SMARTS) is 1. The lowest BCUT2D eigenvalue weighted by atomic mass is 10.0. The second-order valence-electron chi connectivity index (χ2n) is 6.46. The molecule has 4 rings (SSSR count). The summed E-state index contributed by atoms with van der Waals surface area (Å²) in [4.78, 5) is 11.1. The number of carboxylic acids is 1. The second-order valence-corrected chi connectivity index (χ2v) is 7.85. The van der Waals surface area contributed by atoms with Crippen LogP contribution in [0.15, 0.2) is 81.9 Å². The first-order valence-corrected chi connectivity index (χ1v) is 10.1. The highest BCUT2D eigenvalue weighted by Crippen LogP contribution is 2.41. The lowest BCUT2D eigenvalue weighted by molar-refractivity contribution is 0.0694. The summed E-state index contributed by atoms with van der Waals surface area (Å²) in [6.07, 6.45) is 0. The van der Waals surface area contributed by atoms with Crippen LogP contribution in [0.3, 0.4) is 0 Å². The summed E-state index contributed by atoms with van der Waals surface area (Å²) in [6.45, 7) is 0. The predicted octanol–water partition coefficient (Wildman–Crippen LogP) is 5.06. The topological polar surface area (TPSA) is 137 Å². The van der Waals surface area contributed by atoms with Crippen molar-refractivity contribution < 1.29 is 28.0 Å². The summed E-state index contributed by atoms with van der Waals surface area (Å²) < 4.78 is 33.3. The number of hydrogen-bond donors (Lipinski definition) is 3. The van der Waals surface area contributed by atoms with Crippen molar-refractivity contribution in [2.75, 3.05) is 0 Å². The molecule has 0 aliphatic rings. The van der Waals surface area contributed by atoms with Gasteiger partial charge in [0.05, 0.1) is 0 Å². The van der Waals surface area contributed by atoms with E-state index in [1.165, 1.54) is 18.2 Å². The van der Waals surface area contributed by atoms with E-state index in [1.807, 2.05) is 0 Å². The van der Waals surface area contributed by atoms with E-state index < -0.39 is 26.7 Å². The van der Waals surface area contributed by atoms with Crippen molar-refractivity contribution in [3.8, 4) is 5.75 Å². The largest absolute Gasteiger partial charge is 0.505 e. The fourth-order valence-electron chi connectivity index (χ4n) is 3.23. The lowest BCUT2D eigenvalue weighted by Gasteiger charge is -2.09. The Labute approximate surface area is 170 Å². The van der Waals surface area contributed by atoms with Crippen molar-refractivity contribution in [1.29, 1.82) is 0 Å². The van der Waals surface area contributed by atoms with Gasteiger partial charge < -0.3 is 10.2 Å². The monoisotopic (exact) mass is 422 g/mol. The Balaban J connectivity index is 2.02. The van der Waals surface area contributed by atoms with Crippen LogP contribution in [0.1, 0.15) is 10.4 Å². The van der Waals surface area contributed by atoms with Gasteiger partial charge in [0.25, 0.3) is 10.1 Å². The number of nitrogens with zero attached hydrogens (tertiary/aromatic N) is 2. The molecular formula is C21H14N2O6S. The van der Waals surface area contributed by atoms with Gasteiger partial charge >= 0.3 is 5.97 Å². The van der Waals surface area contributed by atoms with Crippen LogP contribution < -0.4 is 0 Å². The van der Waals surface area contributed by atoms with E-state index in [0.29, 0.717) is 21.5 Å². The third-order valence-electron chi connectivity index (χ3n) is 4.62. The molecule has 4 aromatic rings. The Morgan fingerprint density at radius 1 is 0.800 bits per heavy atom. The van der Waals surface area contributed by atoms with Gasteiger partial charge in [0.15, 0.2) is 5.75 Å². The molecule has 0 unspecified atom stereocenters. The van der Waals surface area contributed by atoms with Gasteiger partial charge in [-0.1, -0.05) is 54.6 Å². The Kier molecular flexibility index (Phi) is 4.69. The Bertz CT molecular complexity index is 1460. The van der Waals surface area contributed by atoms with E-state index in [-0.39, 0.29) is 16.9 Å². The summed E-state index contributed by atoms with van der Waals surface area (Å²) in [5, 5.41) is 29.9. The average molecular weight is 422 g/mol. The van der Waals surface area contributed by atoms with Gasteiger partial charge in [0.1, 0.15) is 21.8 Å². The van der Waals surface area contributed by atoms with Crippen molar-refractivity contribution in [3.05, 3.63) is 72.3 Å². The van der Waals surface area contributed by atoms with Crippen LogP contribution in [0.5, 0.6) is 5.75 Å². The molecule has 0 radical (unpaired) electrons. The van der Waals surface area contributed by atoms with Gasteiger partial charge in [-0.3, -0.25) is 4.55 Å². The van der Waals surface area contributed by atoms with Gasteiger partial charge in [0, 0.05) is 10.8 Å². The Morgan fingerprint density at radius 2 is 1.37 bits per heavy atom. The zero-order valence-corrected chi connectivity index (χ0v) is 16.0. The average Bonchev–Trinajstić information content (AvgIpc) is 2.71. The number of benzene rings is 4. The van der Waals surface area contributed by atoms with Gasteiger partial charge in [-0.15, -0.1) is 10.2 Å². The van der Waals surface area contributed by atoms with Crippen molar-refractivity contribution >= 4 is 49.0 Å². The molecular weight excluding hydrogens is 408 g/mol. The molecule has 0 amide bonds. The third kappa shape index (κ3) is 3.36.